The Kier molecular flexibility index (Phi) is 4.61. The number of hydrogen-bond donors (Lipinski definition) is 1. The fourth-order valence-corrected chi connectivity index (χ4v) is 2.35. The summed E-state index contributed by atoms with van der Waals surface area (Å²) in [6.45, 7) is 3.87. The highest BCUT2D eigenvalue weighted by Crippen LogP contribution is 2.25. The van der Waals surface area contributed by atoms with E-state index in [2.05, 4.69) is 21.2 Å². The number of alkyl halides is 1. The van der Waals surface area contributed by atoms with Crippen molar-refractivity contribution in [1.82, 2.24) is 0 Å². The van der Waals surface area contributed by atoms with E-state index in [0.717, 1.165) is 22.1 Å². The molecule has 0 heterocycles. The van der Waals surface area contributed by atoms with Gasteiger partial charge in [-0.25, -0.2) is 0 Å². The van der Waals surface area contributed by atoms with E-state index >= 15 is 0 Å². The molecule has 0 saturated carbocycles. The quantitative estimate of drug-likeness (QED) is 0.821. The van der Waals surface area contributed by atoms with Gasteiger partial charge in [0.1, 0.15) is 0 Å². The van der Waals surface area contributed by atoms with Crippen LogP contribution in [0.3, 0.4) is 0 Å². The van der Waals surface area contributed by atoms with Crippen LogP contribution in [0.15, 0.2) is 54.6 Å². The third kappa shape index (κ3) is 3.28. The number of benzene rings is 2. The maximum Gasteiger partial charge on any atom is 0.234 e. The Morgan fingerprint density at radius 3 is 2.45 bits per heavy atom. The van der Waals surface area contributed by atoms with Crippen molar-refractivity contribution < 1.29 is 4.79 Å². The molecule has 1 amide bonds. The Morgan fingerprint density at radius 1 is 1.10 bits per heavy atom. The Balaban J connectivity index is 2.19. The summed E-state index contributed by atoms with van der Waals surface area (Å²) >= 11 is 3.42. The number of carbonyl (C=O) groups excluding carboxylic acids is 1. The molecule has 1 N–H and O–H groups in total. The molecule has 0 aromatic heterocycles. The first-order chi connectivity index (χ1) is 9.54. The number of halogens is 1. The molecule has 0 atom stereocenters. The molecule has 0 aliphatic heterocycles. The van der Waals surface area contributed by atoms with Crippen LogP contribution < -0.4 is 5.32 Å². The molecule has 0 radical (unpaired) electrons. The summed E-state index contributed by atoms with van der Waals surface area (Å²) in [7, 11) is 0. The lowest BCUT2D eigenvalue weighted by molar-refractivity contribution is -0.120. The van der Waals surface area contributed by atoms with E-state index in [1.54, 1.807) is 0 Å². The maximum absolute atomic E-state index is 12.5. The summed E-state index contributed by atoms with van der Waals surface area (Å²) in [5, 5.41) is 3.77. The number of anilines is 1. The van der Waals surface area contributed by atoms with Crippen LogP contribution in [0.2, 0.25) is 0 Å². The predicted molar refractivity (Wildman–Crippen MR) is 87.2 cm³/mol. The van der Waals surface area contributed by atoms with Gasteiger partial charge in [-0.3, -0.25) is 4.79 Å². The molecule has 0 fully saturated rings. The standard InChI is InChI=1S/C17H18BrNO/c1-17(2,14-8-4-3-5-9-14)16(20)19-15-10-6-7-13(11-15)12-18/h3-11H,12H2,1-2H3,(H,19,20). The van der Waals surface area contributed by atoms with Crippen molar-refractivity contribution >= 4 is 27.5 Å². The van der Waals surface area contributed by atoms with Crippen LogP contribution in [0, 0.1) is 0 Å². The van der Waals surface area contributed by atoms with Crippen molar-refractivity contribution in [3.63, 3.8) is 0 Å². The Hall–Kier alpha value is -1.61. The second kappa shape index (κ2) is 6.23. The van der Waals surface area contributed by atoms with Crippen LogP contribution in [0.25, 0.3) is 0 Å². The van der Waals surface area contributed by atoms with Gasteiger partial charge in [-0.15, -0.1) is 0 Å². The van der Waals surface area contributed by atoms with E-state index in [-0.39, 0.29) is 5.91 Å². The molecule has 0 saturated heterocycles. The van der Waals surface area contributed by atoms with E-state index < -0.39 is 5.41 Å². The van der Waals surface area contributed by atoms with Crippen LogP contribution in [-0.4, -0.2) is 5.91 Å². The first kappa shape index (κ1) is 14.8. The minimum Gasteiger partial charge on any atom is -0.325 e. The summed E-state index contributed by atoms with van der Waals surface area (Å²) < 4.78 is 0. The first-order valence-corrected chi connectivity index (χ1v) is 7.68. The molecular weight excluding hydrogens is 314 g/mol. The minimum atomic E-state index is -0.564. The summed E-state index contributed by atoms with van der Waals surface area (Å²) in [5.74, 6) is -0.00424. The summed E-state index contributed by atoms with van der Waals surface area (Å²) in [5.41, 5.74) is 2.41. The molecule has 0 aliphatic rings. The van der Waals surface area contributed by atoms with Gasteiger partial charge in [0.15, 0.2) is 0 Å². The van der Waals surface area contributed by atoms with Crippen molar-refractivity contribution in [2.24, 2.45) is 0 Å². The predicted octanol–water partition coefficient (Wildman–Crippen LogP) is 4.50. The van der Waals surface area contributed by atoms with Gasteiger partial charge in [-0.2, -0.15) is 0 Å². The Morgan fingerprint density at radius 2 is 1.80 bits per heavy atom. The van der Waals surface area contributed by atoms with E-state index in [1.165, 1.54) is 0 Å². The van der Waals surface area contributed by atoms with Crippen LogP contribution in [-0.2, 0) is 15.5 Å². The monoisotopic (exact) mass is 331 g/mol. The van der Waals surface area contributed by atoms with Gasteiger partial charge in [0.2, 0.25) is 5.91 Å². The fraction of sp³-hybridized carbons (Fsp3) is 0.235. The topological polar surface area (TPSA) is 29.1 Å². The molecule has 3 heteroatoms. The van der Waals surface area contributed by atoms with Gasteiger partial charge in [0, 0.05) is 11.0 Å². The molecule has 0 spiro atoms. The first-order valence-electron chi connectivity index (χ1n) is 6.56. The number of carbonyl (C=O) groups is 1. The van der Waals surface area contributed by atoms with Gasteiger partial charge in [-0.1, -0.05) is 58.4 Å². The molecule has 0 unspecified atom stereocenters. The van der Waals surface area contributed by atoms with E-state index in [0.29, 0.717) is 0 Å². The molecule has 2 nitrogen and oxygen atoms in total. The van der Waals surface area contributed by atoms with Gasteiger partial charge >= 0.3 is 0 Å². The van der Waals surface area contributed by atoms with Gasteiger partial charge in [0.05, 0.1) is 5.41 Å². The average molecular weight is 332 g/mol. The van der Waals surface area contributed by atoms with Crippen LogP contribution >= 0.6 is 15.9 Å². The lowest BCUT2D eigenvalue weighted by atomic mass is 9.83. The molecule has 2 aromatic rings. The maximum atomic E-state index is 12.5. The summed E-state index contributed by atoms with van der Waals surface area (Å²) in [6, 6.07) is 17.7. The van der Waals surface area contributed by atoms with Crippen molar-refractivity contribution in [1.29, 1.82) is 0 Å². The van der Waals surface area contributed by atoms with Crippen molar-refractivity contribution in [3.8, 4) is 0 Å². The van der Waals surface area contributed by atoms with E-state index in [4.69, 9.17) is 0 Å². The number of amides is 1. The van der Waals surface area contributed by atoms with E-state index in [1.807, 2.05) is 68.4 Å². The highest BCUT2D eigenvalue weighted by molar-refractivity contribution is 9.08. The van der Waals surface area contributed by atoms with Crippen molar-refractivity contribution in [2.45, 2.75) is 24.6 Å². The second-order valence-corrected chi connectivity index (χ2v) is 5.84. The zero-order valence-corrected chi connectivity index (χ0v) is 13.3. The molecule has 0 aliphatic carbocycles. The Bertz CT molecular complexity index is 593. The highest BCUT2D eigenvalue weighted by atomic mass is 79.9. The molecular formula is C17H18BrNO. The van der Waals surface area contributed by atoms with Crippen LogP contribution in [0.5, 0.6) is 0 Å². The summed E-state index contributed by atoms with van der Waals surface area (Å²) in [6.07, 6.45) is 0. The highest BCUT2D eigenvalue weighted by Gasteiger charge is 2.29. The fourth-order valence-electron chi connectivity index (χ4n) is 2.01. The lowest BCUT2D eigenvalue weighted by Gasteiger charge is -2.24. The average Bonchev–Trinajstić information content (AvgIpc) is 2.48. The van der Waals surface area contributed by atoms with Crippen LogP contribution in [0.1, 0.15) is 25.0 Å². The largest absolute Gasteiger partial charge is 0.325 e. The number of nitrogens with one attached hydrogen (secondary N) is 1. The third-order valence-corrected chi connectivity index (χ3v) is 4.05. The molecule has 2 aromatic carbocycles. The zero-order valence-electron chi connectivity index (χ0n) is 11.7. The van der Waals surface area contributed by atoms with Gasteiger partial charge in [-0.05, 0) is 37.1 Å². The van der Waals surface area contributed by atoms with Crippen molar-refractivity contribution in [2.75, 3.05) is 5.32 Å². The SMILES string of the molecule is CC(C)(C(=O)Nc1cccc(CBr)c1)c1ccccc1. The molecule has 104 valence electrons. The van der Waals surface area contributed by atoms with Gasteiger partial charge in [0.25, 0.3) is 0 Å². The van der Waals surface area contributed by atoms with Crippen LogP contribution in [0.4, 0.5) is 5.69 Å². The zero-order chi connectivity index (χ0) is 14.6. The molecule has 0 bridgehead atoms. The molecule has 20 heavy (non-hydrogen) atoms. The van der Waals surface area contributed by atoms with E-state index in [9.17, 15) is 4.79 Å². The summed E-state index contributed by atoms with van der Waals surface area (Å²) in [4.78, 5) is 12.5. The lowest BCUT2D eigenvalue weighted by Crippen LogP contribution is -2.34. The third-order valence-electron chi connectivity index (χ3n) is 3.40. The molecule has 2 rings (SSSR count). The number of hydrogen-bond acceptors (Lipinski definition) is 1. The van der Waals surface area contributed by atoms with Gasteiger partial charge < -0.3 is 5.32 Å². The minimum absolute atomic E-state index is 0.00424. The van der Waals surface area contributed by atoms with Crippen molar-refractivity contribution in [3.05, 3.63) is 65.7 Å². The smallest absolute Gasteiger partial charge is 0.234 e. The number of rotatable bonds is 4. The normalized spacial score (nSPS) is 11.2. The Labute approximate surface area is 128 Å². The second-order valence-electron chi connectivity index (χ2n) is 5.28.